The molecule has 3 rings (SSSR count). The van der Waals surface area contributed by atoms with Crippen LogP contribution in [0.25, 0.3) is 11.0 Å². The van der Waals surface area contributed by atoms with E-state index in [-0.39, 0.29) is 11.7 Å². The van der Waals surface area contributed by atoms with Crippen molar-refractivity contribution in [3.05, 3.63) is 24.3 Å². The minimum atomic E-state index is 0.0689. The van der Waals surface area contributed by atoms with Crippen molar-refractivity contribution in [2.45, 2.75) is 31.8 Å². The van der Waals surface area contributed by atoms with Crippen LogP contribution in [-0.4, -0.2) is 33.9 Å². The Labute approximate surface area is 111 Å². The molecule has 1 aliphatic carbocycles. The Hall–Kier alpha value is -1.75. The molecule has 0 aliphatic heterocycles. The fraction of sp³-hybridized carbons (Fsp3) is 0.500. The first-order valence-corrected chi connectivity index (χ1v) is 6.64. The molecule has 1 N–H and O–H groups in total. The predicted octanol–water partition coefficient (Wildman–Crippen LogP) is 2.35. The SMILES string of the molecule is COC1CCC(C(=O)c2ncnc3[nH]ccc23)CC1. The van der Waals surface area contributed by atoms with Gasteiger partial charge in [-0.1, -0.05) is 0 Å². The van der Waals surface area contributed by atoms with Gasteiger partial charge in [0.25, 0.3) is 0 Å². The van der Waals surface area contributed by atoms with E-state index in [9.17, 15) is 4.79 Å². The van der Waals surface area contributed by atoms with E-state index in [4.69, 9.17) is 4.74 Å². The Morgan fingerprint density at radius 3 is 2.84 bits per heavy atom. The summed E-state index contributed by atoms with van der Waals surface area (Å²) in [7, 11) is 1.74. The van der Waals surface area contributed by atoms with Crippen LogP contribution in [0.4, 0.5) is 0 Å². The highest BCUT2D eigenvalue weighted by atomic mass is 16.5. The number of rotatable bonds is 3. The van der Waals surface area contributed by atoms with E-state index >= 15 is 0 Å². The summed E-state index contributed by atoms with van der Waals surface area (Å²) >= 11 is 0. The van der Waals surface area contributed by atoms with Crippen LogP contribution in [0.2, 0.25) is 0 Å². The van der Waals surface area contributed by atoms with Crippen LogP contribution in [-0.2, 0) is 4.74 Å². The van der Waals surface area contributed by atoms with Gasteiger partial charge in [0.2, 0.25) is 0 Å². The smallest absolute Gasteiger partial charge is 0.185 e. The maximum absolute atomic E-state index is 12.6. The van der Waals surface area contributed by atoms with Gasteiger partial charge in [-0.15, -0.1) is 0 Å². The number of hydrogen-bond acceptors (Lipinski definition) is 4. The second-order valence-electron chi connectivity index (χ2n) is 5.04. The number of nitrogens with zero attached hydrogens (tertiary/aromatic N) is 2. The molecule has 0 atom stereocenters. The number of aromatic nitrogens is 3. The molecule has 1 aliphatic rings. The maximum Gasteiger partial charge on any atom is 0.185 e. The quantitative estimate of drug-likeness (QED) is 0.859. The van der Waals surface area contributed by atoms with E-state index in [1.165, 1.54) is 6.33 Å². The van der Waals surface area contributed by atoms with Crippen LogP contribution < -0.4 is 0 Å². The first-order valence-electron chi connectivity index (χ1n) is 6.64. The highest BCUT2D eigenvalue weighted by Crippen LogP contribution is 2.29. The fourth-order valence-electron chi connectivity index (χ4n) is 2.82. The van der Waals surface area contributed by atoms with Gasteiger partial charge in [-0.2, -0.15) is 0 Å². The van der Waals surface area contributed by atoms with Crippen molar-refractivity contribution >= 4 is 16.8 Å². The van der Waals surface area contributed by atoms with Crippen LogP contribution in [0, 0.1) is 5.92 Å². The van der Waals surface area contributed by atoms with Gasteiger partial charge in [-0.3, -0.25) is 4.79 Å². The van der Waals surface area contributed by atoms with Crippen molar-refractivity contribution in [3.63, 3.8) is 0 Å². The van der Waals surface area contributed by atoms with E-state index in [0.29, 0.717) is 11.8 Å². The molecule has 0 radical (unpaired) electrons. The molecule has 0 aromatic carbocycles. The lowest BCUT2D eigenvalue weighted by atomic mass is 9.83. The van der Waals surface area contributed by atoms with Crippen LogP contribution in [0.15, 0.2) is 18.6 Å². The number of aromatic amines is 1. The van der Waals surface area contributed by atoms with Crippen molar-refractivity contribution < 1.29 is 9.53 Å². The van der Waals surface area contributed by atoms with E-state index in [1.807, 2.05) is 6.07 Å². The summed E-state index contributed by atoms with van der Waals surface area (Å²) in [5, 5.41) is 0.821. The molecule has 1 fully saturated rings. The second-order valence-corrected chi connectivity index (χ2v) is 5.04. The van der Waals surface area contributed by atoms with Crippen LogP contribution >= 0.6 is 0 Å². The van der Waals surface area contributed by atoms with E-state index in [0.717, 1.165) is 36.7 Å². The first kappa shape index (κ1) is 12.3. The predicted molar refractivity (Wildman–Crippen MR) is 71.0 cm³/mol. The Kier molecular flexibility index (Phi) is 3.29. The van der Waals surface area contributed by atoms with Crippen molar-refractivity contribution in [2.24, 2.45) is 5.92 Å². The Balaban J connectivity index is 1.82. The molecule has 0 bridgehead atoms. The first-order chi connectivity index (χ1) is 9.29. The summed E-state index contributed by atoms with van der Waals surface area (Å²) < 4.78 is 5.34. The number of methoxy groups -OCH3 is 1. The molecular weight excluding hydrogens is 242 g/mol. The van der Waals surface area contributed by atoms with Crippen molar-refractivity contribution in [2.75, 3.05) is 7.11 Å². The van der Waals surface area contributed by atoms with Crippen molar-refractivity contribution in [3.8, 4) is 0 Å². The van der Waals surface area contributed by atoms with Gasteiger partial charge in [0.1, 0.15) is 17.7 Å². The summed E-state index contributed by atoms with van der Waals surface area (Å²) in [5.41, 5.74) is 1.27. The molecule has 5 heteroatoms. The summed E-state index contributed by atoms with van der Waals surface area (Å²) in [6.45, 7) is 0. The normalized spacial score (nSPS) is 23.6. The maximum atomic E-state index is 12.6. The lowest BCUT2D eigenvalue weighted by molar-refractivity contribution is 0.0518. The van der Waals surface area contributed by atoms with Crippen molar-refractivity contribution in [1.82, 2.24) is 15.0 Å². The largest absolute Gasteiger partial charge is 0.381 e. The van der Waals surface area contributed by atoms with Gasteiger partial charge in [0.05, 0.1) is 6.10 Å². The molecule has 100 valence electrons. The molecule has 2 aromatic rings. The van der Waals surface area contributed by atoms with Gasteiger partial charge >= 0.3 is 0 Å². The number of nitrogens with one attached hydrogen (secondary N) is 1. The van der Waals surface area contributed by atoms with E-state index in [2.05, 4.69) is 15.0 Å². The van der Waals surface area contributed by atoms with Crippen molar-refractivity contribution in [1.29, 1.82) is 0 Å². The lowest BCUT2D eigenvalue weighted by Crippen LogP contribution is -2.26. The van der Waals surface area contributed by atoms with E-state index < -0.39 is 0 Å². The Morgan fingerprint density at radius 2 is 2.11 bits per heavy atom. The number of ketones is 1. The zero-order chi connectivity index (χ0) is 13.2. The molecule has 1 saturated carbocycles. The number of fused-ring (bicyclic) bond motifs is 1. The number of H-pyrrole nitrogens is 1. The Bertz CT molecular complexity index is 585. The number of ether oxygens (including phenoxy) is 1. The standard InChI is InChI=1S/C14H17N3O2/c1-19-10-4-2-9(3-5-10)13(18)12-11-6-7-15-14(11)17-8-16-12/h6-10H,2-5H2,1H3,(H,15,16,17). The lowest BCUT2D eigenvalue weighted by Gasteiger charge is -2.26. The number of Topliss-reactive ketones (excluding diaryl/α,β-unsaturated/α-hetero) is 1. The molecular formula is C14H17N3O2. The van der Waals surface area contributed by atoms with Gasteiger partial charge in [0, 0.05) is 24.6 Å². The van der Waals surface area contributed by atoms with Gasteiger partial charge in [-0.25, -0.2) is 9.97 Å². The highest BCUT2D eigenvalue weighted by molar-refractivity contribution is 6.05. The second kappa shape index (κ2) is 5.09. The molecule has 19 heavy (non-hydrogen) atoms. The summed E-state index contributed by atoms with van der Waals surface area (Å²) in [6, 6.07) is 1.86. The number of carbonyl (C=O) groups is 1. The highest BCUT2D eigenvalue weighted by Gasteiger charge is 2.28. The molecule has 0 spiro atoms. The minimum absolute atomic E-state index is 0.0689. The van der Waals surface area contributed by atoms with Gasteiger partial charge in [-0.05, 0) is 31.7 Å². The molecule has 0 amide bonds. The topological polar surface area (TPSA) is 67.9 Å². The van der Waals surface area contributed by atoms with Gasteiger partial charge in [0.15, 0.2) is 5.78 Å². The Morgan fingerprint density at radius 1 is 1.32 bits per heavy atom. The summed E-state index contributed by atoms with van der Waals surface area (Å²) in [6.07, 6.45) is 7.22. The third kappa shape index (κ3) is 2.26. The summed E-state index contributed by atoms with van der Waals surface area (Å²) in [5.74, 6) is 0.209. The molecule has 0 saturated heterocycles. The third-order valence-electron chi connectivity index (χ3n) is 3.97. The fourth-order valence-corrected chi connectivity index (χ4v) is 2.82. The minimum Gasteiger partial charge on any atom is -0.381 e. The van der Waals surface area contributed by atoms with Crippen LogP contribution in [0.3, 0.4) is 0 Å². The zero-order valence-corrected chi connectivity index (χ0v) is 10.9. The molecule has 2 aromatic heterocycles. The van der Waals surface area contributed by atoms with Gasteiger partial charge < -0.3 is 9.72 Å². The van der Waals surface area contributed by atoms with E-state index in [1.54, 1.807) is 13.3 Å². The molecule has 2 heterocycles. The zero-order valence-electron chi connectivity index (χ0n) is 10.9. The average Bonchev–Trinajstić information content (AvgIpc) is 2.95. The molecule has 0 unspecified atom stereocenters. The third-order valence-corrected chi connectivity index (χ3v) is 3.97. The molecule has 5 nitrogen and oxygen atoms in total. The monoisotopic (exact) mass is 259 g/mol. The van der Waals surface area contributed by atoms with Crippen LogP contribution in [0.1, 0.15) is 36.2 Å². The number of carbonyl (C=O) groups excluding carboxylic acids is 1. The number of hydrogen-bond donors (Lipinski definition) is 1. The van der Waals surface area contributed by atoms with Crippen LogP contribution in [0.5, 0.6) is 0 Å². The average molecular weight is 259 g/mol. The summed E-state index contributed by atoms with van der Waals surface area (Å²) in [4.78, 5) is 23.9.